The van der Waals surface area contributed by atoms with Gasteiger partial charge in [-0.15, -0.1) is 0 Å². The van der Waals surface area contributed by atoms with E-state index in [1.165, 1.54) is 20.3 Å². The van der Waals surface area contributed by atoms with Gasteiger partial charge in [0.1, 0.15) is 16.4 Å². The minimum absolute atomic E-state index is 0.0549. The van der Waals surface area contributed by atoms with Gasteiger partial charge in [-0.3, -0.25) is 0 Å². The van der Waals surface area contributed by atoms with E-state index >= 15 is 0 Å². The van der Waals surface area contributed by atoms with E-state index in [2.05, 4.69) is 9.71 Å². The number of nitrogens with one attached hydrogen (secondary N) is 2. The molecule has 0 aliphatic rings. The van der Waals surface area contributed by atoms with Gasteiger partial charge >= 0.3 is 0 Å². The van der Waals surface area contributed by atoms with E-state index in [0.717, 1.165) is 17.0 Å². The van der Waals surface area contributed by atoms with Gasteiger partial charge in [0.2, 0.25) is 10.0 Å². The fourth-order valence-corrected chi connectivity index (χ4v) is 3.40. The van der Waals surface area contributed by atoms with E-state index in [9.17, 15) is 8.42 Å². The largest absolute Gasteiger partial charge is 0.497 e. The van der Waals surface area contributed by atoms with Crippen LogP contribution in [0.25, 0.3) is 0 Å². The van der Waals surface area contributed by atoms with Crippen LogP contribution < -0.4 is 14.2 Å². The molecular weight excluding hydrogens is 304 g/mol. The molecule has 2 rings (SSSR count). The summed E-state index contributed by atoms with van der Waals surface area (Å²) in [7, 11) is -0.795. The summed E-state index contributed by atoms with van der Waals surface area (Å²) in [5.41, 5.74) is 2.84. The number of benzene rings is 1. The van der Waals surface area contributed by atoms with Gasteiger partial charge in [0.05, 0.1) is 14.2 Å². The van der Waals surface area contributed by atoms with Gasteiger partial charge in [-0.2, -0.15) is 0 Å². The van der Waals surface area contributed by atoms with E-state index in [1.54, 1.807) is 12.1 Å². The molecule has 0 unspecified atom stereocenters. The molecule has 0 saturated carbocycles. The zero-order valence-electron chi connectivity index (χ0n) is 13.1. The van der Waals surface area contributed by atoms with Crippen molar-refractivity contribution in [1.29, 1.82) is 0 Å². The summed E-state index contributed by atoms with van der Waals surface area (Å²) in [6.07, 6.45) is 0. The maximum absolute atomic E-state index is 12.5. The molecule has 0 amide bonds. The van der Waals surface area contributed by atoms with Gasteiger partial charge in [0.15, 0.2) is 0 Å². The molecule has 0 bridgehead atoms. The first-order valence-corrected chi connectivity index (χ1v) is 8.22. The number of rotatable bonds is 6. The molecule has 120 valence electrons. The Kier molecular flexibility index (Phi) is 4.77. The maximum atomic E-state index is 12.5. The number of hydrogen-bond donors (Lipinski definition) is 2. The molecule has 7 heteroatoms. The summed E-state index contributed by atoms with van der Waals surface area (Å²) in [5.74, 6) is 0.727. The Morgan fingerprint density at radius 1 is 1.14 bits per heavy atom. The molecule has 0 spiro atoms. The second-order valence-corrected chi connectivity index (χ2v) is 6.68. The van der Waals surface area contributed by atoms with Crippen LogP contribution in [0, 0.1) is 13.8 Å². The van der Waals surface area contributed by atoms with Crippen molar-refractivity contribution in [2.24, 2.45) is 0 Å². The van der Waals surface area contributed by atoms with E-state index in [4.69, 9.17) is 9.47 Å². The molecule has 0 saturated heterocycles. The molecule has 6 nitrogen and oxygen atoms in total. The second-order valence-electron chi connectivity index (χ2n) is 4.94. The fourth-order valence-electron chi connectivity index (χ4n) is 2.21. The van der Waals surface area contributed by atoms with Crippen molar-refractivity contribution in [1.82, 2.24) is 9.71 Å². The first-order chi connectivity index (χ1) is 10.4. The molecule has 2 aromatic rings. The van der Waals surface area contributed by atoms with Gasteiger partial charge in [0.25, 0.3) is 0 Å². The zero-order valence-corrected chi connectivity index (χ0v) is 13.9. The van der Waals surface area contributed by atoms with Crippen LogP contribution in [0.4, 0.5) is 0 Å². The number of methoxy groups -OCH3 is 2. The van der Waals surface area contributed by atoms with Gasteiger partial charge in [-0.25, -0.2) is 13.1 Å². The lowest BCUT2D eigenvalue weighted by molar-refractivity contribution is 0.392. The summed E-state index contributed by atoms with van der Waals surface area (Å²) in [4.78, 5) is 3.20. The Balaban J connectivity index is 2.28. The van der Waals surface area contributed by atoms with Crippen LogP contribution in [0.3, 0.4) is 0 Å². The first kappa shape index (κ1) is 16.4. The predicted molar refractivity (Wildman–Crippen MR) is 83.8 cm³/mol. The average Bonchev–Trinajstić information content (AvgIpc) is 2.82. The van der Waals surface area contributed by atoms with Crippen LogP contribution in [0.15, 0.2) is 29.2 Å². The molecule has 1 aromatic carbocycles. The van der Waals surface area contributed by atoms with Crippen molar-refractivity contribution in [2.75, 3.05) is 14.2 Å². The van der Waals surface area contributed by atoms with E-state index in [1.807, 2.05) is 19.9 Å². The number of aromatic amines is 1. The van der Waals surface area contributed by atoms with Crippen molar-refractivity contribution in [2.45, 2.75) is 25.3 Å². The van der Waals surface area contributed by atoms with Crippen LogP contribution in [0.2, 0.25) is 0 Å². The number of sulfonamides is 1. The zero-order chi connectivity index (χ0) is 16.3. The normalized spacial score (nSPS) is 11.5. The molecule has 2 N–H and O–H groups in total. The van der Waals surface area contributed by atoms with E-state index in [0.29, 0.717) is 5.75 Å². The lowest BCUT2D eigenvalue weighted by Crippen LogP contribution is -2.24. The SMILES string of the molecule is COc1ccc(OC)c(S(=O)(=O)NCc2cc(C)[nH]c2C)c1. The number of H-pyrrole nitrogens is 1. The lowest BCUT2D eigenvalue weighted by Gasteiger charge is -2.12. The first-order valence-electron chi connectivity index (χ1n) is 6.74. The molecule has 1 heterocycles. The Hall–Kier alpha value is -1.99. The minimum Gasteiger partial charge on any atom is -0.497 e. The third-order valence-electron chi connectivity index (χ3n) is 3.37. The highest BCUT2D eigenvalue weighted by Crippen LogP contribution is 2.28. The van der Waals surface area contributed by atoms with Gasteiger partial charge in [-0.1, -0.05) is 0 Å². The fraction of sp³-hybridized carbons (Fsp3) is 0.333. The van der Waals surface area contributed by atoms with Crippen LogP contribution in [-0.4, -0.2) is 27.6 Å². The van der Waals surface area contributed by atoms with Crippen molar-refractivity contribution >= 4 is 10.0 Å². The molecule has 0 radical (unpaired) electrons. The lowest BCUT2D eigenvalue weighted by atomic mass is 10.2. The monoisotopic (exact) mass is 324 g/mol. The topological polar surface area (TPSA) is 80.4 Å². The molecular formula is C15H20N2O4S. The third kappa shape index (κ3) is 3.42. The van der Waals surface area contributed by atoms with Crippen LogP contribution in [0.1, 0.15) is 17.0 Å². The summed E-state index contributed by atoms with van der Waals surface area (Å²) < 4.78 is 37.8. The number of ether oxygens (including phenoxy) is 2. The molecule has 0 atom stereocenters. The Labute approximate surface area is 130 Å². The molecule has 0 aliphatic heterocycles. The van der Waals surface area contributed by atoms with Crippen molar-refractivity contribution in [3.05, 3.63) is 41.2 Å². The van der Waals surface area contributed by atoms with Gasteiger partial charge < -0.3 is 14.5 Å². The number of hydrogen-bond acceptors (Lipinski definition) is 4. The number of aryl methyl sites for hydroxylation is 2. The molecule has 0 fully saturated rings. The highest BCUT2D eigenvalue weighted by Gasteiger charge is 2.20. The number of aromatic nitrogens is 1. The highest BCUT2D eigenvalue weighted by molar-refractivity contribution is 7.89. The second kappa shape index (κ2) is 6.41. The van der Waals surface area contributed by atoms with Crippen molar-refractivity contribution < 1.29 is 17.9 Å². The summed E-state index contributed by atoms with van der Waals surface area (Å²) in [6.45, 7) is 4.04. The van der Waals surface area contributed by atoms with Crippen LogP contribution >= 0.6 is 0 Å². The minimum atomic E-state index is -3.71. The Morgan fingerprint density at radius 3 is 2.41 bits per heavy atom. The molecule has 22 heavy (non-hydrogen) atoms. The summed E-state index contributed by atoms with van der Waals surface area (Å²) >= 11 is 0. The van der Waals surface area contributed by atoms with Gasteiger partial charge in [-0.05, 0) is 37.6 Å². The highest BCUT2D eigenvalue weighted by atomic mass is 32.2. The molecule has 0 aliphatic carbocycles. The predicted octanol–water partition coefficient (Wildman–Crippen LogP) is 2.13. The van der Waals surface area contributed by atoms with E-state index < -0.39 is 10.0 Å². The van der Waals surface area contributed by atoms with Gasteiger partial charge in [0, 0.05) is 24.0 Å². The summed E-state index contributed by atoms with van der Waals surface area (Å²) in [6, 6.07) is 6.58. The van der Waals surface area contributed by atoms with Crippen molar-refractivity contribution in [3.63, 3.8) is 0 Å². The Morgan fingerprint density at radius 2 is 1.86 bits per heavy atom. The average molecular weight is 324 g/mol. The standard InChI is InChI=1S/C15H20N2O4S/c1-10-7-12(11(2)17-10)9-16-22(18,19)15-8-13(20-3)5-6-14(15)21-4/h5-8,16-17H,9H2,1-4H3. The van der Waals surface area contributed by atoms with Crippen LogP contribution in [0.5, 0.6) is 11.5 Å². The van der Waals surface area contributed by atoms with Crippen LogP contribution in [-0.2, 0) is 16.6 Å². The molecule has 1 aromatic heterocycles. The smallest absolute Gasteiger partial charge is 0.244 e. The Bertz CT molecular complexity index is 766. The quantitative estimate of drug-likeness (QED) is 0.853. The van der Waals surface area contributed by atoms with E-state index in [-0.39, 0.29) is 17.2 Å². The third-order valence-corrected chi connectivity index (χ3v) is 4.79. The van der Waals surface area contributed by atoms with Crippen molar-refractivity contribution in [3.8, 4) is 11.5 Å². The maximum Gasteiger partial charge on any atom is 0.244 e. The summed E-state index contributed by atoms with van der Waals surface area (Å²) in [5, 5.41) is 0.